The first-order chi connectivity index (χ1) is 11.0. The quantitative estimate of drug-likeness (QED) is 0.874. The molecule has 0 saturated heterocycles. The minimum absolute atomic E-state index is 0.212. The number of hydrogen-bond donors (Lipinski definition) is 2. The molecule has 2 heterocycles. The number of fused-ring (bicyclic) bond motifs is 1. The average molecular weight is 316 g/mol. The van der Waals surface area contributed by atoms with Crippen LogP contribution in [-0.4, -0.2) is 34.5 Å². The van der Waals surface area contributed by atoms with Gasteiger partial charge in [0.25, 0.3) is 11.6 Å². The topological polar surface area (TPSA) is 97.1 Å². The normalized spacial score (nSPS) is 15.4. The number of rotatable bonds is 5. The minimum atomic E-state index is -0.616. The van der Waals surface area contributed by atoms with Crippen LogP contribution in [0.3, 0.4) is 0 Å². The summed E-state index contributed by atoms with van der Waals surface area (Å²) in [6.45, 7) is 5.79. The lowest BCUT2D eigenvalue weighted by Gasteiger charge is -2.14. The predicted molar refractivity (Wildman–Crippen MR) is 84.1 cm³/mol. The first-order valence-corrected chi connectivity index (χ1v) is 7.86. The largest absolute Gasteiger partial charge is 0.355 e. The smallest absolute Gasteiger partial charge is 0.259 e. The summed E-state index contributed by atoms with van der Waals surface area (Å²) in [4.78, 5) is 28.9. The highest BCUT2D eigenvalue weighted by Crippen LogP contribution is 2.40. The van der Waals surface area contributed by atoms with Crippen LogP contribution in [0.5, 0.6) is 0 Å². The molecular formula is C16H20N4O3. The van der Waals surface area contributed by atoms with E-state index in [-0.39, 0.29) is 11.8 Å². The minimum Gasteiger partial charge on any atom is -0.355 e. The van der Waals surface area contributed by atoms with E-state index in [2.05, 4.69) is 20.8 Å². The van der Waals surface area contributed by atoms with Crippen LogP contribution in [0.1, 0.15) is 54.4 Å². The van der Waals surface area contributed by atoms with Crippen LogP contribution in [-0.2, 0) is 4.79 Å². The third-order valence-corrected chi connectivity index (χ3v) is 3.97. The van der Waals surface area contributed by atoms with Gasteiger partial charge in [-0.3, -0.25) is 9.59 Å². The molecule has 23 heavy (non-hydrogen) atoms. The van der Waals surface area contributed by atoms with Crippen molar-refractivity contribution in [2.75, 3.05) is 6.54 Å². The molecule has 0 aliphatic heterocycles. The highest BCUT2D eigenvalue weighted by molar-refractivity contribution is 6.07. The van der Waals surface area contributed by atoms with Gasteiger partial charge >= 0.3 is 0 Å². The van der Waals surface area contributed by atoms with Gasteiger partial charge in [0.1, 0.15) is 6.04 Å². The van der Waals surface area contributed by atoms with Crippen molar-refractivity contribution in [3.63, 3.8) is 0 Å². The van der Waals surface area contributed by atoms with Crippen molar-refractivity contribution in [3.05, 3.63) is 23.0 Å². The Morgan fingerprint density at radius 1 is 1.43 bits per heavy atom. The van der Waals surface area contributed by atoms with Gasteiger partial charge in [0, 0.05) is 18.2 Å². The van der Waals surface area contributed by atoms with Crippen LogP contribution in [0.2, 0.25) is 0 Å². The van der Waals surface area contributed by atoms with E-state index in [0.717, 1.165) is 18.5 Å². The first kappa shape index (κ1) is 15.5. The zero-order valence-electron chi connectivity index (χ0n) is 13.5. The predicted octanol–water partition coefficient (Wildman–Crippen LogP) is 1.66. The molecule has 2 aromatic heterocycles. The summed E-state index contributed by atoms with van der Waals surface area (Å²) in [7, 11) is 0. The fraction of sp³-hybridized carbons (Fsp3) is 0.500. The van der Waals surface area contributed by atoms with E-state index < -0.39 is 6.04 Å². The second-order valence-corrected chi connectivity index (χ2v) is 5.91. The van der Waals surface area contributed by atoms with Crippen molar-refractivity contribution in [2.24, 2.45) is 0 Å². The SMILES string of the molecule is CCNC(=O)[C@H](C)NC(=O)c1cc(C2CC2)nc2onc(C)c12. The second-order valence-electron chi connectivity index (χ2n) is 5.91. The Labute approximate surface area is 133 Å². The van der Waals surface area contributed by atoms with Gasteiger partial charge in [-0.15, -0.1) is 0 Å². The number of nitrogens with one attached hydrogen (secondary N) is 2. The third-order valence-electron chi connectivity index (χ3n) is 3.97. The highest BCUT2D eigenvalue weighted by atomic mass is 16.5. The number of pyridine rings is 1. The number of likely N-dealkylation sites (N-methyl/N-ethyl adjacent to an activating group) is 1. The van der Waals surface area contributed by atoms with E-state index in [4.69, 9.17) is 4.52 Å². The standard InChI is InChI=1S/C16H20N4O3/c1-4-17-14(21)9(3)18-15(22)11-7-12(10-5-6-10)19-16-13(11)8(2)20-23-16/h7,9-10H,4-6H2,1-3H3,(H,17,21)(H,18,22)/t9-/m0/s1. The Hall–Kier alpha value is -2.44. The van der Waals surface area contributed by atoms with E-state index in [0.29, 0.717) is 34.8 Å². The van der Waals surface area contributed by atoms with Crippen LogP contribution in [0.15, 0.2) is 10.6 Å². The van der Waals surface area contributed by atoms with Gasteiger partial charge in [0.15, 0.2) is 0 Å². The van der Waals surface area contributed by atoms with E-state index in [1.54, 1.807) is 19.9 Å². The molecule has 0 unspecified atom stereocenters. The summed E-state index contributed by atoms with van der Waals surface area (Å²) in [6, 6.07) is 1.18. The number of carbonyl (C=O) groups excluding carboxylic acids is 2. The fourth-order valence-electron chi connectivity index (χ4n) is 2.55. The molecule has 3 rings (SSSR count). The highest BCUT2D eigenvalue weighted by Gasteiger charge is 2.29. The van der Waals surface area contributed by atoms with Gasteiger partial charge < -0.3 is 15.2 Å². The number of aromatic nitrogens is 2. The molecule has 1 fully saturated rings. The molecule has 122 valence electrons. The van der Waals surface area contributed by atoms with Crippen LogP contribution in [0.25, 0.3) is 11.1 Å². The zero-order valence-corrected chi connectivity index (χ0v) is 13.5. The summed E-state index contributed by atoms with van der Waals surface area (Å²) in [5, 5.41) is 9.93. The maximum absolute atomic E-state index is 12.6. The summed E-state index contributed by atoms with van der Waals surface area (Å²) in [5.74, 6) is -0.142. The molecule has 2 N–H and O–H groups in total. The molecule has 7 heteroatoms. The lowest BCUT2D eigenvalue weighted by Crippen LogP contribution is -2.44. The van der Waals surface area contributed by atoms with E-state index in [1.165, 1.54) is 0 Å². The molecule has 0 spiro atoms. The van der Waals surface area contributed by atoms with Gasteiger partial charge in [-0.1, -0.05) is 5.16 Å². The van der Waals surface area contributed by atoms with E-state index in [9.17, 15) is 9.59 Å². The van der Waals surface area contributed by atoms with Crippen LogP contribution >= 0.6 is 0 Å². The van der Waals surface area contributed by atoms with Gasteiger partial charge in [0.05, 0.1) is 16.6 Å². The number of amides is 2. The molecule has 0 radical (unpaired) electrons. The monoisotopic (exact) mass is 316 g/mol. The average Bonchev–Trinajstić information content (AvgIpc) is 3.31. The molecule has 2 amide bonds. The first-order valence-electron chi connectivity index (χ1n) is 7.86. The van der Waals surface area contributed by atoms with Gasteiger partial charge in [0.2, 0.25) is 5.91 Å². The molecule has 0 bridgehead atoms. The van der Waals surface area contributed by atoms with E-state index >= 15 is 0 Å². The summed E-state index contributed by atoms with van der Waals surface area (Å²) in [6.07, 6.45) is 2.14. The molecule has 1 aliphatic rings. The summed E-state index contributed by atoms with van der Waals surface area (Å²) >= 11 is 0. The molecule has 7 nitrogen and oxygen atoms in total. The van der Waals surface area contributed by atoms with Crippen molar-refractivity contribution in [1.82, 2.24) is 20.8 Å². The second kappa shape index (κ2) is 5.98. The number of carbonyl (C=O) groups is 2. The lowest BCUT2D eigenvalue weighted by atomic mass is 10.1. The van der Waals surface area contributed by atoms with Gasteiger partial charge in [-0.25, -0.2) is 4.98 Å². The molecule has 1 atom stereocenters. The Balaban J connectivity index is 1.92. The van der Waals surface area contributed by atoms with Gasteiger partial charge in [-0.05, 0) is 39.7 Å². The van der Waals surface area contributed by atoms with Crippen LogP contribution in [0.4, 0.5) is 0 Å². The maximum atomic E-state index is 12.6. The molecule has 1 saturated carbocycles. The Kier molecular flexibility index (Phi) is 4.02. The van der Waals surface area contributed by atoms with Crippen LogP contribution < -0.4 is 10.6 Å². The van der Waals surface area contributed by atoms with Crippen molar-refractivity contribution >= 4 is 22.9 Å². The zero-order chi connectivity index (χ0) is 16.6. The molecular weight excluding hydrogens is 296 g/mol. The van der Waals surface area contributed by atoms with Crippen molar-refractivity contribution in [1.29, 1.82) is 0 Å². The summed E-state index contributed by atoms with van der Waals surface area (Å²) < 4.78 is 5.23. The van der Waals surface area contributed by atoms with Crippen LogP contribution in [0, 0.1) is 6.92 Å². The molecule has 1 aliphatic carbocycles. The number of hydrogen-bond acceptors (Lipinski definition) is 5. The molecule has 2 aromatic rings. The van der Waals surface area contributed by atoms with Crippen molar-refractivity contribution in [3.8, 4) is 0 Å². The number of nitrogens with zero attached hydrogens (tertiary/aromatic N) is 2. The Morgan fingerprint density at radius 3 is 2.83 bits per heavy atom. The summed E-state index contributed by atoms with van der Waals surface area (Å²) in [5.41, 5.74) is 2.31. The van der Waals surface area contributed by atoms with E-state index in [1.807, 2.05) is 6.92 Å². The Morgan fingerprint density at radius 2 is 2.17 bits per heavy atom. The third kappa shape index (κ3) is 3.04. The molecule has 0 aromatic carbocycles. The Bertz CT molecular complexity index is 764. The fourth-order valence-corrected chi connectivity index (χ4v) is 2.55. The van der Waals surface area contributed by atoms with Gasteiger partial charge in [-0.2, -0.15) is 0 Å². The number of aryl methyl sites for hydroxylation is 1. The maximum Gasteiger partial charge on any atom is 0.259 e. The van der Waals surface area contributed by atoms with Crippen molar-refractivity contribution in [2.45, 2.75) is 45.6 Å². The van der Waals surface area contributed by atoms with Crippen molar-refractivity contribution < 1.29 is 14.1 Å². The lowest BCUT2D eigenvalue weighted by molar-refractivity contribution is -0.122.